The van der Waals surface area contributed by atoms with Crippen molar-refractivity contribution < 1.29 is 16.8 Å². The van der Waals surface area contributed by atoms with Crippen molar-refractivity contribution in [3.05, 3.63) is 48.0 Å². The molecule has 1 N–H and O–H groups in total. The minimum atomic E-state index is -3.87. The summed E-state index contributed by atoms with van der Waals surface area (Å²) in [6, 6.07) is 11.4. The molecular formula is C22H31N3O4S2. The molecule has 0 radical (unpaired) electrons. The summed E-state index contributed by atoms with van der Waals surface area (Å²) < 4.78 is 56.2. The van der Waals surface area contributed by atoms with Crippen molar-refractivity contribution in [2.24, 2.45) is 0 Å². The van der Waals surface area contributed by atoms with Crippen LogP contribution in [0.2, 0.25) is 0 Å². The average Bonchev–Trinajstić information content (AvgIpc) is 3.29. The predicted octanol–water partition coefficient (Wildman–Crippen LogP) is 3.68. The van der Waals surface area contributed by atoms with E-state index < -0.39 is 20.0 Å². The second-order valence-corrected chi connectivity index (χ2v) is 11.2. The Labute approximate surface area is 186 Å². The molecule has 0 amide bonds. The lowest BCUT2D eigenvalue weighted by molar-refractivity contribution is 0.445. The first-order valence-electron chi connectivity index (χ1n) is 10.7. The Kier molecular flexibility index (Phi) is 7.28. The first-order chi connectivity index (χ1) is 14.7. The highest BCUT2D eigenvalue weighted by molar-refractivity contribution is 7.92. The molecule has 0 spiro atoms. The third-order valence-corrected chi connectivity index (χ3v) is 9.07. The fraction of sp³-hybridized carbons (Fsp3) is 0.455. The Balaban J connectivity index is 2.04. The highest BCUT2D eigenvalue weighted by Crippen LogP contribution is 2.33. The average molecular weight is 466 g/mol. The van der Waals surface area contributed by atoms with Crippen LogP contribution in [-0.2, 0) is 26.5 Å². The maximum absolute atomic E-state index is 13.1. The number of anilines is 2. The highest BCUT2D eigenvalue weighted by Gasteiger charge is 2.26. The molecule has 0 unspecified atom stereocenters. The van der Waals surface area contributed by atoms with Gasteiger partial charge in [-0.3, -0.25) is 4.72 Å². The summed E-state index contributed by atoms with van der Waals surface area (Å²) in [7, 11) is -7.58. The van der Waals surface area contributed by atoms with Gasteiger partial charge in [0.1, 0.15) is 0 Å². The van der Waals surface area contributed by atoms with Crippen LogP contribution in [0.1, 0.15) is 39.2 Å². The third-order valence-electron chi connectivity index (χ3n) is 5.64. The lowest BCUT2D eigenvalue weighted by atomic mass is 10.2. The molecule has 1 saturated heterocycles. The smallest absolute Gasteiger partial charge is 0.261 e. The summed E-state index contributed by atoms with van der Waals surface area (Å²) >= 11 is 0. The summed E-state index contributed by atoms with van der Waals surface area (Å²) in [5, 5.41) is 0. The standard InChI is InChI=1S/C22H31N3O4S2/c1-4-18-9-11-19(12-10-18)30(26,27)23-21-17-20(31(28,29)25(5-2)6-3)13-14-22(21)24-15-7-8-16-24/h9-14,17,23H,4-8,15-16H2,1-3H3. The zero-order chi connectivity index (χ0) is 22.6. The van der Waals surface area contributed by atoms with Crippen molar-refractivity contribution in [3.8, 4) is 0 Å². The van der Waals surface area contributed by atoms with E-state index in [2.05, 4.69) is 9.62 Å². The van der Waals surface area contributed by atoms with Gasteiger partial charge in [-0.2, -0.15) is 4.31 Å². The van der Waals surface area contributed by atoms with Gasteiger partial charge >= 0.3 is 0 Å². The van der Waals surface area contributed by atoms with Crippen LogP contribution < -0.4 is 9.62 Å². The van der Waals surface area contributed by atoms with Crippen molar-refractivity contribution in [2.75, 3.05) is 35.8 Å². The molecule has 1 aliphatic heterocycles. The van der Waals surface area contributed by atoms with Crippen molar-refractivity contribution in [3.63, 3.8) is 0 Å². The second kappa shape index (κ2) is 9.58. The number of nitrogens with zero attached hydrogens (tertiary/aromatic N) is 2. The van der Waals surface area contributed by atoms with Crippen LogP contribution in [0.5, 0.6) is 0 Å². The molecule has 7 nitrogen and oxygen atoms in total. The molecule has 3 rings (SSSR count). The van der Waals surface area contributed by atoms with Gasteiger partial charge in [0.05, 0.1) is 21.2 Å². The van der Waals surface area contributed by atoms with Gasteiger partial charge in [0, 0.05) is 26.2 Å². The maximum atomic E-state index is 13.1. The van der Waals surface area contributed by atoms with E-state index in [4.69, 9.17) is 0 Å². The maximum Gasteiger partial charge on any atom is 0.261 e. The fourth-order valence-electron chi connectivity index (χ4n) is 3.81. The highest BCUT2D eigenvalue weighted by atomic mass is 32.2. The molecule has 31 heavy (non-hydrogen) atoms. The van der Waals surface area contributed by atoms with Gasteiger partial charge in [0.15, 0.2) is 0 Å². The monoisotopic (exact) mass is 465 g/mol. The largest absolute Gasteiger partial charge is 0.370 e. The molecule has 1 aliphatic rings. The molecule has 0 aromatic heterocycles. The molecule has 0 aliphatic carbocycles. The quantitative estimate of drug-likeness (QED) is 0.610. The summed E-state index contributed by atoms with van der Waals surface area (Å²) in [5.41, 5.74) is 2.03. The second-order valence-electron chi connectivity index (χ2n) is 7.57. The normalized spacial score (nSPS) is 14.9. The SMILES string of the molecule is CCc1ccc(S(=O)(=O)Nc2cc(S(=O)(=O)N(CC)CC)ccc2N2CCCC2)cc1. The minimum Gasteiger partial charge on any atom is -0.370 e. The Hall–Kier alpha value is -2.10. The summed E-state index contributed by atoms with van der Waals surface area (Å²) in [5.74, 6) is 0. The number of rotatable bonds is 9. The van der Waals surface area contributed by atoms with Crippen LogP contribution in [0.3, 0.4) is 0 Å². The summed E-state index contributed by atoms with van der Waals surface area (Å²) in [4.78, 5) is 2.32. The number of hydrogen-bond donors (Lipinski definition) is 1. The van der Waals surface area contributed by atoms with Crippen LogP contribution in [0, 0.1) is 0 Å². The zero-order valence-corrected chi connectivity index (χ0v) is 20.0. The van der Waals surface area contributed by atoms with Gasteiger partial charge < -0.3 is 4.90 Å². The molecule has 1 heterocycles. The lowest BCUT2D eigenvalue weighted by Crippen LogP contribution is -2.31. The van der Waals surface area contributed by atoms with Crippen molar-refractivity contribution in [1.82, 2.24) is 4.31 Å². The topological polar surface area (TPSA) is 86.8 Å². The van der Waals surface area contributed by atoms with E-state index >= 15 is 0 Å². The summed E-state index contributed by atoms with van der Waals surface area (Å²) in [6.07, 6.45) is 2.85. The zero-order valence-electron chi connectivity index (χ0n) is 18.3. The number of hydrogen-bond acceptors (Lipinski definition) is 5. The number of aryl methyl sites for hydroxylation is 1. The summed E-state index contributed by atoms with van der Waals surface area (Å²) in [6.45, 7) is 7.87. The Morgan fingerprint density at radius 3 is 2.00 bits per heavy atom. The molecular weight excluding hydrogens is 434 g/mol. The van der Waals surface area contributed by atoms with Gasteiger partial charge in [-0.1, -0.05) is 32.9 Å². The van der Waals surface area contributed by atoms with Crippen LogP contribution in [-0.4, -0.2) is 47.3 Å². The molecule has 0 atom stereocenters. The number of sulfonamides is 2. The van der Waals surface area contributed by atoms with E-state index in [1.807, 2.05) is 6.92 Å². The van der Waals surface area contributed by atoms with Crippen LogP contribution in [0.15, 0.2) is 52.3 Å². The number of nitrogens with one attached hydrogen (secondary N) is 1. The van der Waals surface area contributed by atoms with E-state index in [0.29, 0.717) is 18.8 Å². The molecule has 170 valence electrons. The molecule has 9 heteroatoms. The van der Waals surface area contributed by atoms with Gasteiger partial charge in [0.2, 0.25) is 10.0 Å². The van der Waals surface area contributed by atoms with Crippen LogP contribution in [0.25, 0.3) is 0 Å². The van der Waals surface area contributed by atoms with Crippen molar-refractivity contribution in [1.29, 1.82) is 0 Å². The van der Waals surface area contributed by atoms with E-state index in [9.17, 15) is 16.8 Å². The Bertz CT molecular complexity index is 1100. The van der Waals surface area contributed by atoms with Gasteiger partial charge in [-0.25, -0.2) is 16.8 Å². The van der Waals surface area contributed by atoms with Crippen LogP contribution >= 0.6 is 0 Å². The Morgan fingerprint density at radius 2 is 1.45 bits per heavy atom. The first kappa shape index (κ1) is 23.6. The van der Waals surface area contributed by atoms with Crippen LogP contribution in [0.4, 0.5) is 11.4 Å². The van der Waals surface area contributed by atoms with Crippen molar-refractivity contribution >= 4 is 31.4 Å². The Morgan fingerprint density at radius 1 is 0.871 bits per heavy atom. The molecule has 2 aromatic carbocycles. The van der Waals surface area contributed by atoms with E-state index in [1.54, 1.807) is 50.2 Å². The van der Waals surface area contributed by atoms with Gasteiger partial charge in [-0.15, -0.1) is 0 Å². The minimum absolute atomic E-state index is 0.0816. The molecule has 0 bridgehead atoms. The molecule has 1 fully saturated rings. The fourth-order valence-corrected chi connectivity index (χ4v) is 6.36. The van der Waals surface area contributed by atoms with Gasteiger partial charge in [-0.05, 0) is 55.2 Å². The first-order valence-corrected chi connectivity index (χ1v) is 13.7. The molecule has 0 saturated carbocycles. The lowest BCUT2D eigenvalue weighted by Gasteiger charge is -2.24. The van der Waals surface area contributed by atoms with E-state index in [1.165, 1.54) is 10.4 Å². The third kappa shape index (κ3) is 5.05. The molecule has 2 aromatic rings. The van der Waals surface area contributed by atoms with Gasteiger partial charge in [0.25, 0.3) is 10.0 Å². The van der Waals surface area contributed by atoms with E-state index in [0.717, 1.165) is 37.9 Å². The van der Waals surface area contributed by atoms with Crippen molar-refractivity contribution in [2.45, 2.75) is 49.8 Å². The number of benzene rings is 2. The predicted molar refractivity (Wildman–Crippen MR) is 125 cm³/mol. The van der Waals surface area contributed by atoms with E-state index in [-0.39, 0.29) is 15.5 Å².